The third kappa shape index (κ3) is 3.26. The fourth-order valence-corrected chi connectivity index (χ4v) is 3.34. The molecule has 0 radical (unpaired) electrons. The Kier molecular flexibility index (Phi) is 4.59. The van der Waals surface area contributed by atoms with E-state index in [0.29, 0.717) is 18.7 Å². The number of carbonyl (C=O) groups is 1. The molecule has 2 rings (SSSR count). The van der Waals surface area contributed by atoms with Crippen LogP contribution in [0.2, 0.25) is 0 Å². The normalized spacial score (nSPS) is 24.4. The fraction of sp³-hybridized carbons (Fsp3) is 0.667. The molecule has 0 spiro atoms. The number of β-amino-alcohol motifs (C(OH)–C–C–N with tert-alkyl or cyclic N) is 1. The number of nitrogens with zero attached hydrogens (tertiary/aromatic N) is 3. The van der Waals surface area contributed by atoms with Crippen molar-refractivity contribution in [2.75, 3.05) is 32.1 Å². The summed E-state index contributed by atoms with van der Waals surface area (Å²) in [6.45, 7) is 1.34. The third-order valence-electron chi connectivity index (χ3n) is 3.31. The molecule has 0 aliphatic carbocycles. The van der Waals surface area contributed by atoms with Crippen molar-refractivity contribution in [1.29, 1.82) is 0 Å². The smallest absolute Gasteiger partial charge is 0.326 e. The average Bonchev–Trinajstić information content (AvgIpc) is 2.94. The minimum absolute atomic E-state index is 0.181. The van der Waals surface area contributed by atoms with E-state index in [1.807, 2.05) is 19.0 Å². The Balaban J connectivity index is 2.15. The quantitative estimate of drug-likeness (QED) is 0.687. The number of thiazole rings is 1. The molecule has 20 heavy (non-hydrogen) atoms. The number of anilines is 1. The average molecular weight is 300 g/mol. The molecule has 8 heteroatoms. The summed E-state index contributed by atoms with van der Waals surface area (Å²) in [7, 11) is 3.97. The van der Waals surface area contributed by atoms with Crippen molar-refractivity contribution in [3.05, 3.63) is 11.1 Å². The molecule has 1 aliphatic heterocycles. The Morgan fingerprint density at radius 1 is 1.70 bits per heavy atom. The van der Waals surface area contributed by atoms with Crippen LogP contribution in [0.4, 0.5) is 5.13 Å². The van der Waals surface area contributed by atoms with Crippen molar-refractivity contribution in [3.8, 4) is 0 Å². The molecule has 1 aliphatic rings. The largest absolute Gasteiger partial charge is 0.480 e. The number of aliphatic carboxylic acids is 1. The van der Waals surface area contributed by atoms with Gasteiger partial charge in [-0.2, -0.15) is 0 Å². The summed E-state index contributed by atoms with van der Waals surface area (Å²) in [6.07, 6.45) is 0.318. The maximum atomic E-state index is 10.9. The van der Waals surface area contributed by atoms with Crippen LogP contribution in [0.1, 0.15) is 18.2 Å². The number of nitrogens with two attached hydrogens (primary N) is 1. The molecule has 1 fully saturated rings. The van der Waals surface area contributed by atoms with Crippen molar-refractivity contribution in [3.63, 3.8) is 0 Å². The van der Waals surface area contributed by atoms with E-state index in [9.17, 15) is 9.90 Å². The summed E-state index contributed by atoms with van der Waals surface area (Å²) in [5, 5.41) is 21.1. The van der Waals surface area contributed by atoms with Crippen LogP contribution in [0, 0.1) is 0 Å². The predicted molar refractivity (Wildman–Crippen MR) is 77.0 cm³/mol. The van der Waals surface area contributed by atoms with Gasteiger partial charge in [-0.25, -0.2) is 4.98 Å². The van der Waals surface area contributed by atoms with Crippen molar-refractivity contribution in [1.82, 2.24) is 9.88 Å². The van der Waals surface area contributed by atoms with Gasteiger partial charge in [0.15, 0.2) is 5.13 Å². The first kappa shape index (κ1) is 15.2. The molecule has 0 saturated carbocycles. The number of aromatic nitrogens is 1. The van der Waals surface area contributed by atoms with Gasteiger partial charge in [0, 0.05) is 24.5 Å². The zero-order valence-electron chi connectivity index (χ0n) is 11.6. The highest BCUT2D eigenvalue weighted by atomic mass is 32.1. The molecule has 7 nitrogen and oxygen atoms in total. The van der Waals surface area contributed by atoms with Gasteiger partial charge in [0.2, 0.25) is 0 Å². The molecular weight excluding hydrogens is 280 g/mol. The first-order valence-electron chi connectivity index (χ1n) is 6.41. The Bertz CT molecular complexity index is 479. The summed E-state index contributed by atoms with van der Waals surface area (Å²) in [5.41, 5.74) is 5.92. The first-order chi connectivity index (χ1) is 9.38. The molecule has 3 atom stereocenters. The maximum absolute atomic E-state index is 10.9. The molecule has 4 N–H and O–H groups in total. The summed E-state index contributed by atoms with van der Waals surface area (Å²) in [6, 6.07) is -0.917. The lowest BCUT2D eigenvalue weighted by atomic mass is 10.2. The van der Waals surface area contributed by atoms with Crippen LogP contribution in [-0.2, 0) is 4.79 Å². The van der Waals surface area contributed by atoms with Gasteiger partial charge in [0.1, 0.15) is 6.04 Å². The second-order valence-electron chi connectivity index (χ2n) is 5.33. The molecule has 2 heterocycles. The van der Waals surface area contributed by atoms with E-state index in [1.165, 1.54) is 11.3 Å². The second-order valence-corrected chi connectivity index (χ2v) is 6.17. The van der Waals surface area contributed by atoms with Gasteiger partial charge < -0.3 is 25.7 Å². The monoisotopic (exact) mass is 300 g/mol. The van der Waals surface area contributed by atoms with Crippen molar-refractivity contribution < 1.29 is 15.0 Å². The van der Waals surface area contributed by atoms with Gasteiger partial charge in [-0.15, -0.1) is 11.3 Å². The van der Waals surface area contributed by atoms with Crippen LogP contribution in [0.5, 0.6) is 0 Å². The van der Waals surface area contributed by atoms with Crippen LogP contribution in [0.15, 0.2) is 5.38 Å². The molecule has 1 aromatic heterocycles. The highest BCUT2D eigenvalue weighted by Crippen LogP contribution is 2.30. The van der Waals surface area contributed by atoms with E-state index in [2.05, 4.69) is 9.88 Å². The summed E-state index contributed by atoms with van der Waals surface area (Å²) in [5.74, 6) is -1.09. The summed E-state index contributed by atoms with van der Waals surface area (Å²) < 4.78 is 0. The Morgan fingerprint density at radius 3 is 3.00 bits per heavy atom. The number of hydrogen-bond acceptors (Lipinski definition) is 7. The maximum Gasteiger partial charge on any atom is 0.326 e. The second kappa shape index (κ2) is 6.04. The SMILES string of the molecule is CN(C)CC1CC(O)CN1c1nc(C(N)C(=O)O)cs1. The molecule has 112 valence electrons. The zero-order chi connectivity index (χ0) is 14.9. The number of hydrogen-bond donors (Lipinski definition) is 3. The summed E-state index contributed by atoms with van der Waals surface area (Å²) in [4.78, 5) is 19.3. The van der Waals surface area contributed by atoms with Crippen molar-refractivity contribution in [2.45, 2.75) is 24.6 Å². The van der Waals surface area contributed by atoms with E-state index >= 15 is 0 Å². The van der Waals surface area contributed by atoms with Crippen LogP contribution < -0.4 is 10.6 Å². The molecular formula is C12H20N4O3S. The number of carboxylic acids is 1. The van der Waals surface area contributed by atoms with Crippen molar-refractivity contribution in [2.24, 2.45) is 5.73 Å². The zero-order valence-corrected chi connectivity index (χ0v) is 12.4. The van der Waals surface area contributed by atoms with E-state index in [1.54, 1.807) is 5.38 Å². The number of aliphatic hydroxyl groups excluding tert-OH is 1. The number of likely N-dealkylation sites (N-methyl/N-ethyl adjacent to an activating group) is 1. The van der Waals surface area contributed by atoms with E-state index in [4.69, 9.17) is 10.8 Å². The lowest BCUT2D eigenvalue weighted by Gasteiger charge is -2.26. The fourth-order valence-electron chi connectivity index (χ4n) is 2.40. The molecule has 1 aromatic rings. The molecule has 0 amide bonds. The van der Waals surface area contributed by atoms with Gasteiger partial charge in [-0.05, 0) is 20.5 Å². The number of carboxylic acid groups (broad SMARTS) is 1. The first-order valence-corrected chi connectivity index (χ1v) is 7.29. The molecule has 0 bridgehead atoms. The standard InChI is InChI=1S/C12H20N4O3S/c1-15(2)4-7-3-8(17)5-16(7)12-14-9(6-20-12)10(13)11(18)19/h6-8,10,17H,3-5,13H2,1-2H3,(H,18,19). The Labute approximate surface area is 121 Å². The topological polar surface area (TPSA) is 103 Å². The van der Waals surface area contributed by atoms with E-state index < -0.39 is 12.0 Å². The molecule has 0 aromatic carbocycles. The Morgan fingerprint density at radius 2 is 2.40 bits per heavy atom. The van der Waals surface area contributed by atoms with Gasteiger partial charge >= 0.3 is 5.97 Å². The van der Waals surface area contributed by atoms with Crippen LogP contribution >= 0.6 is 11.3 Å². The van der Waals surface area contributed by atoms with Crippen LogP contribution in [0.3, 0.4) is 0 Å². The lowest BCUT2D eigenvalue weighted by molar-refractivity contribution is -0.138. The highest BCUT2D eigenvalue weighted by Gasteiger charge is 2.33. The molecule has 1 saturated heterocycles. The predicted octanol–water partition coefficient (Wildman–Crippen LogP) is -0.271. The van der Waals surface area contributed by atoms with Crippen molar-refractivity contribution >= 4 is 22.4 Å². The van der Waals surface area contributed by atoms with E-state index in [-0.39, 0.29) is 12.1 Å². The third-order valence-corrected chi connectivity index (χ3v) is 4.20. The van der Waals surface area contributed by atoms with Gasteiger partial charge in [0.25, 0.3) is 0 Å². The minimum Gasteiger partial charge on any atom is -0.480 e. The van der Waals surface area contributed by atoms with E-state index in [0.717, 1.165) is 11.7 Å². The minimum atomic E-state index is -1.10. The highest BCUT2D eigenvalue weighted by molar-refractivity contribution is 7.13. The van der Waals surface area contributed by atoms with Gasteiger partial charge in [0.05, 0.1) is 11.8 Å². The number of rotatable bonds is 5. The number of aliphatic hydroxyl groups is 1. The molecule has 3 unspecified atom stereocenters. The van der Waals surface area contributed by atoms with Crippen LogP contribution in [0.25, 0.3) is 0 Å². The summed E-state index contributed by atoms with van der Waals surface area (Å²) >= 11 is 1.37. The van der Waals surface area contributed by atoms with Gasteiger partial charge in [-0.3, -0.25) is 4.79 Å². The van der Waals surface area contributed by atoms with Gasteiger partial charge in [-0.1, -0.05) is 0 Å². The lowest BCUT2D eigenvalue weighted by Crippen LogP contribution is -2.37. The Hall–Kier alpha value is -1.22. The van der Waals surface area contributed by atoms with Crippen LogP contribution in [-0.4, -0.2) is 65.4 Å².